The molecule has 0 aliphatic carbocycles. The monoisotopic (exact) mass is 484 g/mol. The second-order valence-electron chi connectivity index (χ2n) is 7.29. The first-order valence-corrected chi connectivity index (χ1v) is 12.7. The van der Waals surface area contributed by atoms with Crippen molar-refractivity contribution in [1.29, 1.82) is 0 Å². The van der Waals surface area contributed by atoms with Gasteiger partial charge in [-0.25, -0.2) is 8.42 Å². The number of thiophene rings is 1. The van der Waals surface area contributed by atoms with Crippen molar-refractivity contribution in [3.8, 4) is 0 Å². The molecule has 1 aromatic heterocycles. The van der Waals surface area contributed by atoms with Crippen LogP contribution in [0, 0.1) is 0 Å². The molecule has 2 heterocycles. The zero-order valence-electron chi connectivity index (χ0n) is 17.2. The topological polar surface area (TPSA) is 92.8 Å². The van der Waals surface area contributed by atoms with Crippen LogP contribution in [-0.4, -0.2) is 44.8 Å². The molecule has 1 aromatic carbocycles. The zero-order chi connectivity index (χ0) is 22.4. The van der Waals surface area contributed by atoms with Gasteiger partial charge < -0.3 is 10.1 Å². The van der Waals surface area contributed by atoms with Crippen LogP contribution in [0.4, 0.5) is 0 Å². The predicted octanol–water partition coefficient (Wildman–Crippen LogP) is 4.00. The maximum Gasteiger partial charge on any atom is 0.307 e. The standard InChI is InChI=1S/C21H25ClN2O5S2/c1-29-20(25)14-17(18-7-6-12-30-18)23-21(26)15-8-9-16(22)19(13-15)31(27,28)24-10-4-2-3-5-11-24/h6-9,12-13,17H,2-5,10-11,14H2,1H3,(H,23,26). The molecule has 10 heteroatoms. The van der Waals surface area contributed by atoms with Gasteiger partial charge in [0.2, 0.25) is 10.0 Å². The Bertz CT molecular complexity index is 1020. The number of nitrogens with one attached hydrogen (secondary N) is 1. The van der Waals surface area contributed by atoms with Crippen LogP contribution in [0.3, 0.4) is 0 Å². The number of carbonyl (C=O) groups is 2. The summed E-state index contributed by atoms with van der Waals surface area (Å²) in [6.45, 7) is 0.878. The van der Waals surface area contributed by atoms with Gasteiger partial charge in [-0.15, -0.1) is 11.3 Å². The highest BCUT2D eigenvalue weighted by Gasteiger charge is 2.29. The first kappa shape index (κ1) is 23.7. The third-order valence-electron chi connectivity index (χ3n) is 5.17. The zero-order valence-corrected chi connectivity index (χ0v) is 19.6. The van der Waals surface area contributed by atoms with Gasteiger partial charge in [-0.05, 0) is 42.5 Å². The summed E-state index contributed by atoms with van der Waals surface area (Å²) in [5.74, 6) is -0.953. The molecule has 0 bridgehead atoms. The van der Waals surface area contributed by atoms with E-state index in [0.717, 1.165) is 30.6 Å². The van der Waals surface area contributed by atoms with Crippen LogP contribution < -0.4 is 5.32 Å². The van der Waals surface area contributed by atoms with Crippen LogP contribution in [-0.2, 0) is 19.6 Å². The summed E-state index contributed by atoms with van der Waals surface area (Å²) in [6, 6.07) is 7.26. The van der Waals surface area contributed by atoms with Crippen molar-refractivity contribution in [1.82, 2.24) is 9.62 Å². The summed E-state index contributed by atoms with van der Waals surface area (Å²) in [5, 5.41) is 4.73. The summed E-state index contributed by atoms with van der Waals surface area (Å²) in [5.41, 5.74) is 0.157. The number of ether oxygens (including phenoxy) is 1. The summed E-state index contributed by atoms with van der Waals surface area (Å²) in [6.07, 6.45) is 3.55. The average Bonchev–Trinajstić information content (AvgIpc) is 3.14. The molecule has 7 nitrogen and oxygen atoms in total. The smallest absolute Gasteiger partial charge is 0.307 e. The van der Waals surface area contributed by atoms with E-state index in [1.54, 1.807) is 0 Å². The number of hydrogen-bond acceptors (Lipinski definition) is 6. The Morgan fingerprint density at radius 3 is 2.52 bits per heavy atom. The molecule has 0 radical (unpaired) electrons. The fraction of sp³-hybridized carbons (Fsp3) is 0.429. The quantitative estimate of drug-likeness (QED) is 0.599. The number of methoxy groups -OCH3 is 1. The number of benzene rings is 1. The number of halogens is 1. The van der Waals surface area contributed by atoms with Crippen LogP contribution in [0.2, 0.25) is 5.02 Å². The molecule has 0 spiro atoms. The third-order valence-corrected chi connectivity index (χ3v) is 8.53. The maximum atomic E-state index is 13.2. The van der Waals surface area contributed by atoms with Crippen LogP contribution in [0.1, 0.15) is 53.4 Å². The summed E-state index contributed by atoms with van der Waals surface area (Å²) in [4.78, 5) is 25.4. The Morgan fingerprint density at radius 1 is 1.19 bits per heavy atom. The molecule has 0 saturated carbocycles. The van der Waals surface area contributed by atoms with Crippen molar-refractivity contribution in [2.24, 2.45) is 0 Å². The maximum absolute atomic E-state index is 13.2. The van der Waals surface area contributed by atoms with Crippen molar-refractivity contribution in [3.63, 3.8) is 0 Å². The van der Waals surface area contributed by atoms with Gasteiger partial charge in [-0.3, -0.25) is 9.59 Å². The molecule has 31 heavy (non-hydrogen) atoms. The van der Waals surface area contributed by atoms with Crippen LogP contribution >= 0.6 is 22.9 Å². The van der Waals surface area contributed by atoms with E-state index < -0.39 is 27.9 Å². The normalized spacial score (nSPS) is 16.3. The number of rotatable bonds is 7. The highest BCUT2D eigenvalue weighted by molar-refractivity contribution is 7.89. The molecular weight excluding hydrogens is 460 g/mol. The van der Waals surface area contributed by atoms with Crippen molar-refractivity contribution in [3.05, 3.63) is 51.2 Å². The Labute approximate surface area is 191 Å². The number of amides is 1. The Morgan fingerprint density at radius 2 is 1.90 bits per heavy atom. The third kappa shape index (κ3) is 5.85. The SMILES string of the molecule is COC(=O)CC(NC(=O)c1ccc(Cl)c(S(=O)(=O)N2CCCCCC2)c1)c1cccs1. The van der Waals surface area contributed by atoms with Crippen molar-refractivity contribution < 1.29 is 22.7 Å². The molecule has 3 rings (SSSR count). The number of nitrogens with zero attached hydrogens (tertiary/aromatic N) is 1. The van der Waals surface area contributed by atoms with Gasteiger partial charge in [-0.1, -0.05) is 30.5 Å². The van der Waals surface area contributed by atoms with E-state index in [4.69, 9.17) is 16.3 Å². The Balaban J connectivity index is 1.85. The molecule has 168 valence electrons. The largest absolute Gasteiger partial charge is 0.469 e. The minimum absolute atomic E-state index is 0.0325. The highest BCUT2D eigenvalue weighted by atomic mass is 35.5. The summed E-state index contributed by atoms with van der Waals surface area (Å²) in [7, 11) is -2.53. The molecular formula is C21H25ClN2O5S2. The lowest BCUT2D eigenvalue weighted by atomic mass is 10.1. The van der Waals surface area contributed by atoms with Gasteiger partial charge in [0.05, 0.1) is 24.6 Å². The van der Waals surface area contributed by atoms with Gasteiger partial charge in [0, 0.05) is 23.5 Å². The fourth-order valence-electron chi connectivity index (χ4n) is 3.47. The number of carbonyl (C=O) groups excluding carboxylic acids is 2. The van der Waals surface area contributed by atoms with E-state index >= 15 is 0 Å². The molecule has 1 saturated heterocycles. The molecule has 2 aromatic rings. The van der Waals surface area contributed by atoms with Gasteiger partial charge in [0.1, 0.15) is 4.90 Å². The fourth-order valence-corrected chi connectivity index (χ4v) is 6.26. The van der Waals surface area contributed by atoms with Gasteiger partial charge >= 0.3 is 5.97 Å². The number of sulfonamides is 1. The number of esters is 1. The highest BCUT2D eigenvalue weighted by Crippen LogP contribution is 2.28. The molecule has 1 amide bonds. The molecule has 1 N–H and O–H groups in total. The lowest BCUT2D eigenvalue weighted by molar-refractivity contribution is -0.141. The predicted molar refractivity (Wildman–Crippen MR) is 120 cm³/mol. The molecule has 1 aliphatic rings. The van der Waals surface area contributed by atoms with Gasteiger partial charge in [0.15, 0.2) is 0 Å². The van der Waals surface area contributed by atoms with E-state index in [1.165, 1.54) is 41.0 Å². The Hall–Kier alpha value is -1.94. The first-order valence-electron chi connectivity index (χ1n) is 10.0. The molecule has 1 fully saturated rings. The van der Waals surface area contributed by atoms with Crippen molar-refractivity contribution >= 4 is 44.8 Å². The van der Waals surface area contributed by atoms with Crippen LogP contribution in [0.5, 0.6) is 0 Å². The lowest BCUT2D eigenvalue weighted by Gasteiger charge is -2.21. The van der Waals surface area contributed by atoms with E-state index in [2.05, 4.69) is 5.32 Å². The minimum Gasteiger partial charge on any atom is -0.469 e. The second kappa shape index (κ2) is 10.6. The Kier molecular flexibility index (Phi) is 8.10. The van der Waals surface area contributed by atoms with Crippen molar-refractivity contribution in [2.75, 3.05) is 20.2 Å². The first-order chi connectivity index (χ1) is 14.8. The van der Waals surface area contributed by atoms with Crippen LogP contribution in [0.15, 0.2) is 40.6 Å². The summed E-state index contributed by atoms with van der Waals surface area (Å²) >= 11 is 7.63. The van der Waals surface area contributed by atoms with E-state index in [-0.39, 0.29) is 21.9 Å². The second-order valence-corrected chi connectivity index (χ2v) is 10.6. The van der Waals surface area contributed by atoms with Gasteiger partial charge in [-0.2, -0.15) is 4.31 Å². The van der Waals surface area contributed by atoms with E-state index in [9.17, 15) is 18.0 Å². The number of hydrogen-bond donors (Lipinski definition) is 1. The van der Waals surface area contributed by atoms with Crippen LogP contribution in [0.25, 0.3) is 0 Å². The molecule has 1 unspecified atom stereocenters. The lowest BCUT2D eigenvalue weighted by Crippen LogP contribution is -2.33. The van der Waals surface area contributed by atoms with E-state index in [1.807, 2.05) is 17.5 Å². The average molecular weight is 485 g/mol. The van der Waals surface area contributed by atoms with Gasteiger partial charge in [0.25, 0.3) is 5.91 Å². The van der Waals surface area contributed by atoms with E-state index in [0.29, 0.717) is 13.1 Å². The van der Waals surface area contributed by atoms with Crippen molar-refractivity contribution in [2.45, 2.75) is 43.0 Å². The molecule has 1 atom stereocenters. The summed E-state index contributed by atoms with van der Waals surface area (Å²) < 4.78 is 32.5. The molecule has 1 aliphatic heterocycles. The minimum atomic E-state index is -3.82.